The van der Waals surface area contributed by atoms with E-state index in [1.54, 1.807) is 23.5 Å². The molecule has 1 aromatic heterocycles. The third-order valence-electron chi connectivity index (χ3n) is 4.80. The van der Waals surface area contributed by atoms with Gasteiger partial charge in [-0.3, -0.25) is 9.69 Å². The van der Waals surface area contributed by atoms with Crippen molar-refractivity contribution < 1.29 is 19.4 Å². The summed E-state index contributed by atoms with van der Waals surface area (Å²) in [4.78, 5) is 17.5. The smallest absolute Gasteiger partial charge is 0.246 e. The number of nitrogens with zero attached hydrogens (tertiary/aromatic N) is 2. The van der Waals surface area contributed by atoms with Crippen LogP contribution in [0.25, 0.3) is 6.08 Å². The Morgan fingerprint density at radius 2 is 2.00 bits per heavy atom. The van der Waals surface area contributed by atoms with E-state index in [4.69, 9.17) is 9.47 Å². The Bertz CT molecular complexity index is 813. The topological polar surface area (TPSA) is 62.2 Å². The molecule has 1 saturated heterocycles. The van der Waals surface area contributed by atoms with Gasteiger partial charge in [-0.1, -0.05) is 12.1 Å². The summed E-state index contributed by atoms with van der Waals surface area (Å²) in [6.45, 7) is 3.73. The number of piperazine rings is 1. The van der Waals surface area contributed by atoms with E-state index in [1.165, 1.54) is 0 Å². The molecule has 4 rings (SSSR count). The lowest BCUT2D eigenvalue weighted by Gasteiger charge is -2.35. The van der Waals surface area contributed by atoms with Gasteiger partial charge in [0.1, 0.15) is 6.10 Å². The number of thiophene rings is 1. The van der Waals surface area contributed by atoms with Crippen molar-refractivity contribution in [1.29, 1.82) is 0 Å². The molecule has 3 heterocycles. The number of amides is 1. The lowest BCUT2D eigenvalue weighted by atomic mass is 10.2. The summed E-state index contributed by atoms with van der Waals surface area (Å²) >= 11 is 1.57. The molecule has 0 unspecified atom stereocenters. The molecule has 2 aliphatic heterocycles. The van der Waals surface area contributed by atoms with Crippen LogP contribution in [-0.4, -0.2) is 60.3 Å². The van der Waals surface area contributed by atoms with E-state index in [2.05, 4.69) is 4.90 Å². The minimum Gasteiger partial charge on any atom is -0.454 e. The Morgan fingerprint density at radius 1 is 1.19 bits per heavy atom. The van der Waals surface area contributed by atoms with Crippen molar-refractivity contribution in [3.05, 3.63) is 52.2 Å². The summed E-state index contributed by atoms with van der Waals surface area (Å²) in [7, 11) is 0. The van der Waals surface area contributed by atoms with Crippen molar-refractivity contribution in [3.8, 4) is 11.5 Å². The molecule has 1 N–H and O–H groups in total. The lowest BCUT2D eigenvalue weighted by Crippen LogP contribution is -2.49. The highest BCUT2D eigenvalue weighted by atomic mass is 32.1. The van der Waals surface area contributed by atoms with Gasteiger partial charge in [-0.25, -0.2) is 0 Å². The monoisotopic (exact) mass is 386 g/mol. The molecular weight excluding hydrogens is 364 g/mol. The van der Waals surface area contributed by atoms with Gasteiger partial charge in [0.25, 0.3) is 0 Å². The maximum Gasteiger partial charge on any atom is 0.246 e. The van der Waals surface area contributed by atoms with Gasteiger partial charge < -0.3 is 19.5 Å². The molecule has 142 valence electrons. The number of ether oxygens (including phenoxy) is 2. The molecule has 6 nitrogen and oxygen atoms in total. The van der Waals surface area contributed by atoms with Gasteiger partial charge in [-0.05, 0) is 35.2 Å². The Kier molecular flexibility index (Phi) is 5.42. The second kappa shape index (κ2) is 8.12. The summed E-state index contributed by atoms with van der Waals surface area (Å²) in [5, 5.41) is 12.2. The van der Waals surface area contributed by atoms with E-state index in [9.17, 15) is 9.90 Å². The highest BCUT2D eigenvalue weighted by Crippen LogP contribution is 2.32. The largest absolute Gasteiger partial charge is 0.454 e. The van der Waals surface area contributed by atoms with Gasteiger partial charge in [0.15, 0.2) is 11.5 Å². The van der Waals surface area contributed by atoms with Crippen molar-refractivity contribution in [1.82, 2.24) is 9.80 Å². The summed E-state index contributed by atoms with van der Waals surface area (Å²) in [6.07, 6.45) is 2.95. The van der Waals surface area contributed by atoms with E-state index in [0.29, 0.717) is 25.4 Å². The van der Waals surface area contributed by atoms with Gasteiger partial charge in [0, 0.05) is 43.7 Å². The van der Waals surface area contributed by atoms with E-state index in [0.717, 1.165) is 29.3 Å². The Morgan fingerprint density at radius 3 is 2.78 bits per heavy atom. The quantitative estimate of drug-likeness (QED) is 0.800. The number of benzene rings is 1. The van der Waals surface area contributed by atoms with Crippen molar-refractivity contribution >= 4 is 23.3 Å². The van der Waals surface area contributed by atoms with Gasteiger partial charge in [-0.2, -0.15) is 0 Å². The predicted molar refractivity (Wildman–Crippen MR) is 104 cm³/mol. The number of carbonyl (C=O) groups is 1. The van der Waals surface area contributed by atoms with Crippen LogP contribution in [0.5, 0.6) is 11.5 Å². The Labute approximate surface area is 162 Å². The second-order valence-corrected chi connectivity index (χ2v) is 7.58. The fourth-order valence-corrected chi connectivity index (χ4v) is 3.96. The summed E-state index contributed by atoms with van der Waals surface area (Å²) in [5.74, 6) is 1.45. The molecule has 2 aliphatic rings. The minimum atomic E-state index is -0.460. The van der Waals surface area contributed by atoms with Gasteiger partial charge in [-0.15, -0.1) is 11.3 Å². The molecule has 2 aromatic rings. The molecule has 0 saturated carbocycles. The van der Waals surface area contributed by atoms with Crippen LogP contribution in [0.2, 0.25) is 0 Å². The lowest BCUT2D eigenvalue weighted by molar-refractivity contribution is -0.127. The molecule has 1 aromatic carbocycles. The van der Waals surface area contributed by atoms with E-state index in [1.807, 2.05) is 40.6 Å². The van der Waals surface area contributed by atoms with E-state index >= 15 is 0 Å². The van der Waals surface area contributed by atoms with E-state index in [-0.39, 0.29) is 12.7 Å². The van der Waals surface area contributed by atoms with Crippen LogP contribution in [-0.2, 0) is 4.79 Å². The van der Waals surface area contributed by atoms with Crippen LogP contribution in [0.3, 0.4) is 0 Å². The van der Waals surface area contributed by atoms with Crippen LogP contribution in [0.15, 0.2) is 41.8 Å². The SMILES string of the molecule is O=C(/C=C/c1ccc2c(c1)OCO2)N1CCN(C[C@H](O)c2cccs2)CC1. The Balaban J connectivity index is 1.27. The average Bonchev–Trinajstić information content (AvgIpc) is 3.38. The number of β-amino-alcohol motifs (C(OH)–C–C–N with tert-alkyl or cyclic N) is 1. The van der Waals surface area contributed by atoms with E-state index < -0.39 is 6.10 Å². The Hall–Kier alpha value is -2.35. The van der Waals surface area contributed by atoms with Crippen LogP contribution < -0.4 is 9.47 Å². The first-order valence-electron chi connectivity index (χ1n) is 8.99. The number of hydrogen-bond donors (Lipinski definition) is 1. The number of aliphatic hydroxyl groups excluding tert-OH is 1. The molecule has 1 fully saturated rings. The molecule has 27 heavy (non-hydrogen) atoms. The number of fused-ring (bicyclic) bond motifs is 1. The fourth-order valence-electron chi connectivity index (χ4n) is 3.26. The van der Waals surface area contributed by atoms with Crippen LogP contribution >= 0.6 is 11.3 Å². The third-order valence-corrected chi connectivity index (χ3v) is 5.78. The minimum absolute atomic E-state index is 0.00567. The zero-order valence-corrected chi connectivity index (χ0v) is 15.7. The number of aliphatic hydroxyl groups is 1. The van der Waals surface area contributed by atoms with Crippen molar-refractivity contribution in [2.45, 2.75) is 6.10 Å². The van der Waals surface area contributed by atoms with Crippen LogP contribution in [0, 0.1) is 0 Å². The van der Waals surface area contributed by atoms with Crippen LogP contribution in [0.4, 0.5) is 0 Å². The summed E-state index contributed by atoms with van der Waals surface area (Å²) in [5.41, 5.74) is 0.908. The number of rotatable bonds is 5. The first-order valence-corrected chi connectivity index (χ1v) is 9.87. The predicted octanol–water partition coefficient (Wildman–Crippen LogP) is 2.37. The molecule has 0 radical (unpaired) electrons. The van der Waals surface area contributed by atoms with Gasteiger partial charge in [0.05, 0.1) is 0 Å². The zero-order valence-electron chi connectivity index (χ0n) is 14.9. The highest BCUT2D eigenvalue weighted by molar-refractivity contribution is 7.10. The highest BCUT2D eigenvalue weighted by Gasteiger charge is 2.22. The van der Waals surface area contributed by atoms with Gasteiger partial charge in [0.2, 0.25) is 12.7 Å². The summed E-state index contributed by atoms with van der Waals surface area (Å²) < 4.78 is 10.6. The molecule has 0 spiro atoms. The number of hydrogen-bond acceptors (Lipinski definition) is 6. The fraction of sp³-hybridized carbons (Fsp3) is 0.350. The normalized spacial score (nSPS) is 18.2. The average molecular weight is 386 g/mol. The molecule has 0 aliphatic carbocycles. The van der Waals surface area contributed by atoms with Gasteiger partial charge >= 0.3 is 0 Å². The molecule has 0 bridgehead atoms. The maximum absolute atomic E-state index is 12.4. The standard InChI is InChI=1S/C20H22N2O4S/c23-16(19-2-1-11-27-19)13-21-7-9-22(10-8-21)20(24)6-4-15-3-5-17-18(12-15)26-14-25-17/h1-6,11-12,16,23H,7-10,13-14H2/b6-4+/t16-/m0/s1. The number of carbonyl (C=O) groups excluding carboxylic acids is 1. The first kappa shape index (κ1) is 18.0. The van der Waals surface area contributed by atoms with Crippen molar-refractivity contribution in [2.24, 2.45) is 0 Å². The molecule has 7 heteroatoms. The second-order valence-electron chi connectivity index (χ2n) is 6.60. The van der Waals surface area contributed by atoms with Crippen molar-refractivity contribution in [2.75, 3.05) is 39.5 Å². The summed E-state index contributed by atoms with van der Waals surface area (Å²) in [6, 6.07) is 9.53. The third kappa shape index (κ3) is 4.32. The molecule has 1 amide bonds. The van der Waals surface area contributed by atoms with Crippen LogP contribution in [0.1, 0.15) is 16.5 Å². The van der Waals surface area contributed by atoms with Crippen molar-refractivity contribution in [3.63, 3.8) is 0 Å². The first-order chi connectivity index (χ1) is 13.2. The molecule has 1 atom stereocenters. The maximum atomic E-state index is 12.4. The zero-order chi connectivity index (χ0) is 18.6. The molecular formula is C20H22N2O4S.